The summed E-state index contributed by atoms with van der Waals surface area (Å²) >= 11 is 0. The van der Waals surface area contributed by atoms with Crippen molar-refractivity contribution in [3.63, 3.8) is 0 Å². The third-order valence-corrected chi connectivity index (χ3v) is 3.26. The standard InChI is InChI=1S/C17H32N4O6/c1-10(13(23)18-8-7-9-22)19-14(24)11(2)20-15(25)12(3)21-16(26)27-17(4,5)6/h10-12,22H,7-9H2,1-6H3,(H,18,23)(H,19,24)(H,20,25)(H,21,26)/t10-,11-,12-/m0/s1. The van der Waals surface area contributed by atoms with Crippen LogP contribution < -0.4 is 21.3 Å². The van der Waals surface area contributed by atoms with Crippen molar-refractivity contribution in [3.8, 4) is 0 Å². The van der Waals surface area contributed by atoms with E-state index in [4.69, 9.17) is 9.84 Å². The molecular formula is C17H32N4O6. The average Bonchev–Trinajstić information content (AvgIpc) is 2.52. The molecule has 0 heterocycles. The Kier molecular flexibility index (Phi) is 10.4. The van der Waals surface area contributed by atoms with E-state index in [1.165, 1.54) is 20.8 Å². The van der Waals surface area contributed by atoms with Gasteiger partial charge in [0, 0.05) is 13.2 Å². The zero-order valence-corrected chi connectivity index (χ0v) is 16.8. The Morgan fingerprint density at radius 1 is 0.852 bits per heavy atom. The van der Waals surface area contributed by atoms with Gasteiger partial charge in [-0.05, 0) is 48.0 Å². The number of carbonyl (C=O) groups is 4. The summed E-state index contributed by atoms with van der Waals surface area (Å²) in [6.07, 6.45) is -0.322. The molecule has 0 saturated carbocycles. The van der Waals surface area contributed by atoms with Crippen molar-refractivity contribution in [2.24, 2.45) is 0 Å². The van der Waals surface area contributed by atoms with Crippen LogP contribution in [0.25, 0.3) is 0 Å². The molecule has 0 spiro atoms. The molecule has 156 valence electrons. The first-order valence-corrected chi connectivity index (χ1v) is 8.86. The third-order valence-electron chi connectivity index (χ3n) is 3.26. The highest BCUT2D eigenvalue weighted by Crippen LogP contribution is 2.06. The van der Waals surface area contributed by atoms with Crippen LogP contribution in [0.3, 0.4) is 0 Å². The molecule has 0 aromatic carbocycles. The maximum absolute atomic E-state index is 12.1. The maximum atomic E-state index is 12.1. The fourth-order valence-electron chi connectivity index (χ4n) is 1.80. The monoisotopic (exact) mass is 388 g/mol. The van der Waals surface area contributed by atoms with Crippen molar-refractivity contribution in [3.05, 3.63) is 0 Å². The number of alkyl carbamates (subject to hydrolysis) is 1. The van der Waals surface area contributed by atoms with Gasteiger partial charge >= 0.3 is 6.09 Å². The lowest BCUT2D eigenvalue weighted by molar-refractivity contribution is -0.131. The summed E-state index contributed by atoms with van der Waals surface area (Å²) in [4.78, 5) is 47.6. The molecule has 0 aliphatic rings. The van der Waals surface area contributed by atoms with Crippen LogP contribution in [0.5, 0.6) is 0 Å². The van der Waals surface area contributed by atoms with Crippen molar-refractivity contribution in [2.75, 3.05) is 13.2 Å². The highest BCUT2D eigenvalue weighted by molar-refractivity contribution is 5.93. The molecule has 0 aromatic heterocycles. The van der Waals surface area contributed by atoms with Gasteiger partial charge in [-0.25, -0.2) is 4.79 Å². The molecule has 0 aliphatic heterocycles. The number of carbonyl (C=O) groups excluding carboxylic acids is 4. The zero-order chi connectivity index (χ0) is 21.2. The van der Waals surface area contributed by atoms with E-state index in [0.29, 0.717) is 13.0 Å². The van der Waals surface area contributed by atoms with Gasteiger partial charge in [0.15, 0.2) is 0 Å². The fourth-order valence-corrected chi connectivity index (χ4v) is 1.80. The lowest BCUT2D eigenvalue weighted by atomic mass is 10.2. The first-order valence-electron chi connectivity index (χ1n) is 8.86. The minimum atomic E-state index is -0.909. The SMILES string of the molecule is C[C@H](NC(=O)OC(C)(C)C)C(=O)N[C@@H](C)C(=O)N[C@@H](C)C(=O)NCCCO. The van der Waals surface area contributed by atoms with Crippen molar-refractivity contribution in [2.45, 2.75) is 71.7 Å². The minimum absolute atomic E-state index is 0.0421. The molecule has 0 bridgehead atoms. The smallest absolute Gasteiger partial charge is 0.408 e. The van der Waals surface area contributed by atoms with Crippen molar-refractivity contribution < 1.29 is 29.0 Å². The number of amides is 4. The van der Waals surface area contributed by atoms with Gasteiger partial charge in [0.25, 0.3) is 0 Å². The Labute approximate surface area is 159 Å². The van der Waals surface area contributed by atoms with Gasteiger partial charge in [-0.1, -0.05) is 0 Å². The van der Waals surface area contributed by atoms with E-state index in [-0.39, 0.29) is 6.61 Å². The number of hydrogen-bond donors (Lipinski definition) is 5. The molecule has 3 atom stereocenters. The Morgan fingerprint density at radius 2 is 1.30 bits per heavy atom. The Balaban J connectivity index is 4.42. The van der Waals surface area contributed by atoms with Crippen LogP contribution in [-0.4, -0.2) is 65.8 Å². The molecular weight excluding hydrogens is 356 g/mol. The molecule has 0 aliphatic carbocycles. The van der Waals surface area contributed by atoms with Gasteiger partial charge < -0.3 is 31.1 Å². The van der Waals surface area contributed by atoms with Crippen molar-refractivity contribution in [1.82, 2.24) is 21.3 Å². The molecule has 4 amide bonds. The number of nitrogens with one attached hydrogen (secondary N) is 4. The topological polar surface area (TPSA) is 146 Å². The van der Waals surface area contributed by atoms with E-state index in [1.54, 1.807) is 20.8 Å². The summed E-state index contributed by atoms with van der Waals surface area (Å²) < 4.78 is 5.06. The first kappa shape index (κ1) is 24.6. The van der Waals surface area contributed by atoms with Crippen molar-refractivity contribution >= 4 is 23.8 Å². The molecule has 10 nitrogen and oxygen atoms in total. The second-order valence-corrected chi connectivity index (χ2v) is 7.20. The highest BCUT2D eigenvalue weighted by Gasteiger charge is 2.25. The van der Waals surface area contributed by atoms with Gasteiger partial charge in [0.1, 0.15) is 23.7 Å². The van der Waals surface area contributed by atoms with E-state index in [9.17, 15) is 19.2 Å². The predicted molar refractivity (Wildman–Crippen MR) is 98.8 cm³/mol. The molecule has 0 unspecified atom stereocenters. The fraction of sp³-hybridized carbons (Fsp3) is 0.765. The summed E-state index contributed by atoms with van der Waals surface area (Å²) in [5.74, 6) is -1.50. The molecule has 0 saturated heterocycles. The van der Waals surface area contributed by atoms with Gasteiger partial charge in [-0.3, -0.25) is 14.4 Å². The van der Waals surface area contributed by atoms with E-state index in [0.717, 1.165) is 0 Å². The zero-order valence-electron chi connectivity index (χ0n) is 16.8. The largest absolute Gasteiger partial charge is 0.444 e. The number of ether oxygens (including phenoxy) is 1. The summed E-state index contributed by atoms with van der Waals surface area (Å²) in [6.45, 7) is 9.79. The van der Waals surface area contributed by atoms with Crippen LogP contribution in [0.4, 0.5) is 4.79 Å². The first-order chi connectivity index (χ1) is 12.4. The lowest BCUT2D eigenvalue weighted by Gasteiger charge is -2.23. The third kappa shape index (κ3) is 11.1. The van der Waals surface area contributed by atoms with E-state index in [2.05, 4.69) is 21.3 Å². The molecule has 0 rings (SSSR count). The Morgan fingerprint density at radius 3 is 1.74 bits per heavy atom. The van der Waals surface area contributed by atoms with Gasteiger partial charge in [0.2, 0.25) is 17.7 Å². The van der Waals surface area contributed by atoms with E-state index >= 15 is 0 Å². The number of hydrogen-bond acceptors (Lipinski definition) is 6. The Bertz CT molecular complexity index is 532. The highest BCUT2D eigenvalue weighted by atomic mass is 16.6. The van der Waals surface area contributed by atoms with Crippen LogP contribution in [0.15, 0.2) is 0 Å². The lowest BCUT2D eigenvalue weighted by Crippen LogP contribution is -2.54. The Hall–Kier alpha value is -2.36. The quantitative estimate of drug-likeness (QED) is 0.334. The predicted octanol–water partition coefficient (Wildman–Crippen LogP) is -0.592. The molecule has 0 radical (unpaired) electrons. The summed E-state index contributed by atoms with van der Waals surface area (Å²) in [7, 11) is 0. The molecule has 10 heteroatoms. The molecule has 5 N–H and O–H groups in total. The van der Waals surface area contributed by atoms with E-state index < -0.39 is 47.5 Å². The summed E-state index contributed by atoms with van der Waals surface area (Å²) in [5, 5.41) is 18.6. The van der Waals surface area contributed by atoms with Crippen LogP contribution in [0.1, 0.15) is 48.0 Å². The van der Waals surface area contributed by atoms with Crippen molar-refractivity contribution in [1.29, 1.82) is 0 Å². The van der Waals surface area contributed by atoms with Gasteiger partial charge in [0.05, 0.1) is 0 Å². The number of aliphatic hydroxyl groups excluding tert-OH is 1. The van der Waals surface area contributed by atoms with Crippen LogP contribution in [0, 0.1) is 0 Å². The average molecular weight is 388 g/mol. The summed E-state index contributed by atoms with van der Waals surface area (Å²) in [5.41, 5.74) is -0.693. The van der Waals surface area contributed by atoms with Crippen LogP contribution in [-0.2, 0) is 19.1 Å². The number of rotatable bonds is 9. The minimum Gasteiger partial charge on any atom is -0.444 e. The second-order valence-electron chi connectivity index (χ2n) is 7.20. The maximum Gasteiger partial charge on any atom is 0.408 e. The molecule has 0 fully saturated rings. The van der Waals surface area contributed by atoms with Crippen LogP contribution in [0.2, 0.25) is 0 Å². The number of aliphatic hydroxyl groups is 1. The van der Waals surface area contributed by atoms with Gasteiger partial charge in [-0.2, -0.15) is 0 Å². The van der Waals surface area contributed by atoms with Crippen LogP contribution >= 0.6 is 0 Å². The molecule has 27 heavy (non-hydrogen) atoms. The second kappa shape index (κ2) is 11.4. The van der Waals surface area contributed by atoms with E-state index in [1.807, 2.05) is 0 Å². The summed E-state index contributed by atoms with van der Waals surface area (Å²) in [6, 6.07) is -2.62. The van der Waals surface area contributed by atoms with Gasteiger partial charge in [-0.15, -0.1) is 0 Å². The normalized spacial score (nSPS) is 14.3. The molecule has 0 aromatic rings.